The van der Waals surface area contributed by atoms with Crippen LogP contribution in [0.5, 0.6) is 0 Å². The number of H-pyrrole nitrogens is 1. The molecule has 0 bridgehead atoms. The van der Waals surface area contributed by atoms with Crippen molar-refractivity contribution in [2.24, 2.45) is 0 Å². The third kappa shape index (κ3) is 3.96. The van der Waals surface area contributed by atoms with Crippen LogP contribution in [0.1, 0.15) is 27.2 Å². The minimum absolute atomic E-state index is 0.180. The minimum Gasteiger partial charge on any atom is -0.444 e. The van der Waals surface area contributed by atoms with Crippen molar-refractivity contribution in [2.45, 2.75) is 38.8 Å². The molecule has 2 aromatic rings. The van der Waals surface area contributed by atoms with Crippen molar-refractivity contribution in [1.29, 1.82) is 0 Å². The summed E-state index contributed by atoms with van der Waals surface area (Å²) in [5.74, 6) is 0.420. The van der Waals surface area contributed by atoms with Crippen LogP contribution >= 0.6 is 0 Å². The van der Waals surface area contributed by atoms with Gasteiger partial charge in [0.15, 0.2) is 5.82 Å². The van der Waals surface area contributed by atoms with Crippen LogP contribution in [0.4, 0.5) is 10.7 Å². The van der Waals surface area contributed by atoms with Gasteiger partial charge in [-0.15, -0.1) is 5.10 Å². The van der Waals surface area contributed by atoms with Crippen LogP contribution in [-0.2, 0) is 9.53 Å². The van der Waals surface area contributed by atoms with E-state index in [1.54, 1.807) is 20.8 Å². The number of amides is 2. The zero-order chi connectivity index (χ0) is 18.0. The summed E-state index contributed by atoms with van der Waals surface area (Å²) < 4.78 is 5.30. The molecule has 0 unspecified atom stereocenters. The SMILES string of the molecule is CC(C)(C)OC(=O)N1CC[C@H]1C(=O)Nc1n[nH]c(-c2ccccc2)n1. The first kappa shape index (κ1) is 16.9. The van der Waals surface area contributed by atoms with Crippen molar-refractivity contribution in [1.82, 2.24) is 20.1 Å². The Labute approximate surface area is 145 Å². The summed E-state index contributed by atoms with van der Waals surface area (Å²) in [5.41, 5.74) is 0.275. The Morgan fingerprint density at radius 2 is 2.00 bits per heavy atom. The molecule has 0 radical (unpaired) electrons. The van der Waals surface area contributed by atoms with Crippen molar-refractivity contribution in [3.05, 3.63) is 30.3 Å². The first-order valence-corrected chi connectivity index (χ1v) is 8.12. The summed E-state index contributed by atoms with van der Waals surface area (Å²) in [4.78, 5) is 30.1. The van der Waals surface area contributed by atoms with E-state index >= 15 is 0 Å². The number of aromatic amines is 1. The maximum atomic E-state index is 12.4. The van der Waals surface area contributed by atoms with Gasteiger partial charge in [0.1, 0.15) is 11.6 Å². The third-order valence-electron chi connectivity index (χ3n) is 3.72. The van der Waals surface area contributed by atoms with Crippen molar-refractivity contribution >= 4 is 17.9 Å². The lowest BCUT2D eigenvalue weighted by Crippen LogP contribution is -2.57. The number of likely N-dealkylation sites (tertiary alicyclic amines) is 1. The van der Waals surface area contributed by atoms with E-state index in [1.165, 1.54) is 4.90 Å². The van der Waals surface area contributed by atoms with E-state index in [1.807, 2.05) is 30.3 Å². The molecule has 2 N–H and O–H groups in total. The maximum Gasteiger partial charge on any atom is 0.410 e. The summed E-state index contributed by atoms with van der Waals surface area (Å²) in [6, 6.07) is 8.91. The van der Waals surface area contributed by atoms with E-state index < -0.39 is 17.7 Å². The third-order valence-corrected chi connectivity index (χ3v) is 3.72. The van der Waals surface area contributed by atoms with E-state index in [4.69, 9.17) is 4.74 Å². The summed E-state index contributed by atoms with van der Waals surface area (Å²) in [7, 11) is 0. The van der Waals surface area contributed by atoms with Gasteiger partial charge in [-0.2, -0.15) is 4.98 Å². The molecule has 1 atom stereocenters. The molecule has 8 heteroatoms. The fourth-order valence-electron chi connectivity index (χ4n) is 2.44. The number of hydrogen-bond acceptors (Lipinski definition) is 5. The quantitative estimate of drug-likeness (QED) is 0.891. The maximum absolute atomic E-state index is 12.4. The first-order chi connectivity index (χ1) is 11.8. The van der Waals surface area contributed by atoms with Gasteiger partial charge in [-0.3, -0.25) is 20.1 Å². The minimum atomic E-state index is -0.595. The van der Waals surface area contributed by atoms with Crippen LogP contribution in [0, 0.1) is 0 Å². The zero-order valence-corrected chi connectivity index (χ0v) is 14.4. The highest BCUT2D eigenvalue weighted by Gasteiger charge is 2.40. The molecule has 1 aliphatic rings. The van der Waals surface area contributed by atoms with E-state index in [2.05, 4.69) is 20.5 Å². The van der Waals surface area contributed by atoms with Crippen LogP contribution in [0.25, 0.3) is 11.4 Å². The summed E-state index contributed by atoms with van der Waals surface area (Å²) in [5, 5.41) is 9.43. The molecule has 2 amide bonds. The van der Waals surface area contributed by atoms with Gasteiger partial charge in [0.05, 0.1) is 0 Å². The number of nitrogens with one attached hydrogen (secondary N) is 2. The van der Waals surface area contributed by atoms with Crippen LogP contribution < -0.4 is 5.32 Å². The Hall–Kier alpha value is -2.90. The monoisotopic (exact) mass is 343 g/mol. The highest BCUT2D eigenvalue weighted by atomic mass is 16.6. The molecule has 1 fully saturated rings. The van der Waals surface area contributed by atoms with E-state index in [9.17, 15) is 9.59 Å². The molecule has 1 saturated heterocycles. The standard InChI is InChI=1S/C17H21N5O3/c1-17(2,3)25-16(24)22-10-9-12(22)14(23)19-15-18-13(20-21-15)11-7-5-4-6-8-11/h4-8,12H,9-10H2,1-3H3,(H2,18,19,20,21,23)/t12-/m0/s1. The van der Waals surface area contributed by atoms with E-state index in [0.29, 0.717) is 18.8 Å². The molecule has 2 heterocycles. The Balaban J connectivity index is 1.61. The second kappa shape index (κ2) is 6.54. The molecule has 0 aliphatic carbocycles. The molecule has 3 rings (SSSR count). The number of nitrogens with zero attached hydrogens (tertiary/aromatic N) is 3. The molecular weight excluding hydrogens is 322 g/mol. The molecule has 8 nitrogen and oxygen atoms in total. The highest BCUT2D eigenvalue weighted by Crippen LogP contribution is 2.22. The summed E-state index contributed by atoms with van der Waals surface area (Å²) >= 11 is 0. The Bertz CT molecular complexity index is 766. The number of benzene rings is 1. The van der Waals surface area contributed by atoms with Gasteiger partial charge in [-0.05, 0) is 27.2 Å². The van der Waals surface area contributed by atoms with Crippen molar-refractivity contribution in [2.75, 3.05) is 11.9 Å². The topological polar surface area (TPSA) is 100 Å². The normalized spacial score (nSPS) is 16.9. The number of carbonyl (C=O) groups is 2. The average Bonchev–Trinajstić information content (AvgIpc) is 2.93. The molecule has 1 aromatic heterocycles. The van der Waals surface area contributed by atoms with Gasteiger partial charge < -0.3 is 4.74 Å². The lowest BCUT2D eigenvalue weighted by atomic mass is 10.0. The second-order valence-electron chi connectivity index (χ2n) is 6.84. The lowest BCUT2D eigenvalue weighted by molar-refractivity contribution is -0.125. The molecular formula is C17H21N5O3. The summed E-state index contributed by atoms with van der Waals surface area (Å²) in [6.45, 7) is 5.87. The van der Waals surface area contributed by atoms with E-state index in [0.717, 1.165) is 5.56 Å². The second-order valence-corrected chi connectivity index (χ2v) is 6.84. The van der Waals surface area contributed by atoms with Gasteiger partial charge in [-0.1, -0.05) is 30.3 Å². The molecule has 0 spiro atoms. The van der Waals surface area contributed by atoms with Gasteiger partial charge in [0.25, 0.3) is 0 Å². The predicted octanol–water partition coefficient (Wildman–Crippen LogP) is 2.42. The van der Waals surface area contributed by atoms with E-state index in [-0.39, 0.29) is 11.9 Å². The number of anilines is 1. The number of rotatable bonds is 3. The van der Waals surface area contributed by atoms with Crippen molar-refractivity contribution in [3.8, 4) is 11.4 Å². The zero-order valence-electron chi connectivity index (χ0n) is 14.4. The van der Waals surface area contributed by atoms with Gasteiger partial charge in [0.2, 0.25) is 11.9 Å². The largest absolute Gasteiger partial charge is 0.444 e. The summed E-state index contributed by atoms with van der Waals surface area (Å²) in [6.07, 6.45) is 0.0972. The van der Waals surface area contributed by atoms with Gasteiger partial charge in [0, 0.05) is 12.1 Å². The van der Waals surface area contributed by atoms with Crippen LogP contribution in [0.15, 0.2) is 30.3 Å². The molecule has 25 heavy (non-hydrogen) atoms. The lowest BCUT2D eigenvalue weighted by Gasteiger charge is -2.39. The molecule has 0 saturated carbocycles. The Morgan fingerprint density at radius 3 is 2.60 bits per heavy atom. The van der Waals surface area contributed by atoms with Crippen LogP contribution in [0.2, 0.25) is 0 Å². The fourth-order valence-corrected chi connectivity index (χ4v) is 2.44. The average molecular weight is 343 g/mol. The number of carbonyl (C=O) groups excluding carboxylic acids is 2. The Kier molecular flexibility index (Phi) is 4.43. The Morgan fingerprint density at radius 1 is 1.28 bits per heavy atom. The van der Waals surface area contributed by atoms with Gasteiger partial charge in [-0.25, -0.2) is 4.79 Å². The van der Waals surface area contributed by atoms with Crippen LogP contribution in [0.3, 0.4) is 0 Å². The van der Waals surface area contributed by atoms with Gasteiger partial charge >= 0.3 is 6.09 Å². The number of hydrogen-bond donors (Lipinski definition) is 2. The predicted molar refractivity (Wildman–Crippen MR) is 91.8 cm³/mol. The highest BCUT2D eigenvalue weighted by molar-refractivity contribution is 5.96. The number of ether oxygens (including phenoxy) is 1. The van der Waals surface area contributed by atoms with Crippen LogP contribution in [-0.4, -0.2) is 50.3 Å². The molecule has 132 valence electrons. The smallest absolute Gasteiger partial charge is 0.410 e. The van der Waals surface area contributed by atoms with Crippen molar-refractivity contribution in [3.63, 3.8) is 0 Å². The fraction of sp³-hybridized carbons (Fsp3) is 0.412. The number of aromatic nitrogens is 3. The molecule has 1 aromatic carbocycles. The van der Waals surface area contributed by atoms with Crippen molar-refractivity contribution < 1.29 is 14.3 Å². The molecule has 1 aliphatic heterocycles. The first-order valence-electron chi connectivity index (χ1n) is 8.12.